The van der Waals surface area contributed by atoms with E-state index in [2.05, 4.69) is 51.9 Å². The van der Waals surface area contributed by atoms with E-state index >= 15 is 0 Å². The molecular weight excluding hydrogens is 337 g/mol. The van der Waals surface area contributed by atoms with Crippen molar-refractivity contribution in [3.8, 4) is 0 Å². The van der Waals surface area contributed by atoms with Gasteiger partial charge in [-0.05, 0) is 42.4 Å². The Morgan fingerprint density at radius 2 is 1.96 bits per heavy atom. The van der Waals surface area contributed by atoms with Crippen molar-refractivity contribution in [1.29, 1.82) is 0 Å². The summed E-state index contributed by atoms with van der Waals surface area (Å²) in [5, 5.41) is 10.8. The third-order valence-corrected chi connectivity index (χ3v) is 3.82. The number of thiocarbonyl (C=S) groups is 1. The number of nitrogens with zero attached hydrogens (tertiary/aromatic N) is 3. The molecule has 2 aromatic carbocycles. The van der Waals surface area contributed by atoms with E-state index in [0.29, 0.717) is 24.2 Å². The molecule has 0 aliphatic rings. The van der Waals surface area contributed by atoms with Gasteiger partial charge < -0.3 is 5.32 Å². The molecule has 1 heterocycles. The molecule has 0 saturated carbocycles. The van der Waals surface area contributed by atoms with Gasteiger partial charge in [0.15, 0.2) is 5.11 Å². The number of benzene rings is 2. The summed E-state index contributed by atoms with van der Waals surface area (Å²) in [5.41, 5.74) is 3.17. The van der Waals surface area contributed by atoms with Crippen LogP contribution in [0.3, 0.4) is 0 Å². The Morgan fingerprint density at radius 1 is 1.16 bits per heavy atom. The van der Waals surface area contributed by atoms with Crippen LogP contribution in [0.25, 0.3) is 0 Å². The molecule has 0 atom stereocenters. The minimum atomic E-state index is -0.266. The molecule has 25 heavy (non-hydrogen) atoms. The third kappa shape index (κ3) is 5.09. The van der Waals surface area contributed by atoms with Crippen molar-refractivity contribution in [3.05, 3.63) is 77.4 Å². The number of aryl methyl sites for hydroxylation is 1. The standard InChI is InChI=1S/C18H18FN5S/c1-13-5-7-14(8-6-13)10-20-18(25)22-17-21-12-24(23-17)11-15-3-2-4-16(19)9-15/h2-9,12H,10-11H2,1H3,(H2,20,22,23,25). The van der Waals surface area contributed by atoms with Crippen molar-refractivity contribution < 1.29 is 4.39 Å². The zero-order chi connectivity index (χ0) is 17.6. The summed E-state index contributed by atoms with van der Waals surface area (Å²) in [6.45, 7) is 3.11. The van der Waals surface area contributed by atoms with E-state index in [4.69, 9.17) is 12.2 Å². The average Bonchev–Trinajstić information content (AvgIpc) is 3.01. The van der Waals surface area contributed by atoms with Gasteiger partial charge in [0.25, 0.3) is 0 Å². The minimum Gasteiger partial charge on any atom is -0.358 e. The van der Waals surface area contributed by atoms with Crippen LogP contribution >= 0.6 is 12.2 Å². The molecule has 0 fully saturated rings. The SMILES string of the molecule is Cc1ccc(CNC(=S)Nc2ncn(Cc3cccc(F)c3)n2)cc1. The molecule has 0 bridgehead atoms. The normalized spacial score (nSPS) is 10.5. The van der Waals surface area contributed by atoms with E-state index in [9.17, 15) is 4.39 Å². The Hall–Kier alpha value is -2.80. The number of rotatable bonds is 5. The summed E-state index contributed by atoms with van der Waals surface area (Å²) in [5.74, 6) is 0.134. The molecule has 0 unspecified atom stereocenters. The van der Waals surface area contributed by atoms with Crippen LogP contribution in [0, 0.1) is 12.7 Å². The van der Waals surface area contributed by atoms with Gasteiger partial charge >= 0.3 is 0 Å². The highest BCUT2D eigenvalue weighted by molar-refractivity contribution is 7.80. The molecule has 2 N–H and O–H groups in total. The Balaban J connectivity index is 1.52. The van der Waals surface area contributed by atoms with Gasteiger partial charge in [-0.25, -0.2) is 14.1 Å². The Kier molecular flexibility index (Phi) is 5.35. The maximum atomic E-state index is 13.2. The lowest BCUT2D eigenvalue weighted by Gasteiger charge is -2.08. The summed E-state index contributed by atoms with van der Waals surface area (Å²) in [7, 11) is 0. The number of hydrogen-bond donors (Lipinski definition) is 2. The van der Waals surface area contributed by atoms with Crippen LogP contribution in [0.4, 0.5) is 10.3 Å². The van der Waals surface area contributed by atoms with Crippen molar-refractivity contribution in [3.63, 3.8) is 0 Å². The van der Waals surface area contributed by atoms with Gasteiger partial charge in [-0.2, -0.15) is 0 Å². The molecule has 3 aromatic rings. The van der Waals surface area contributed by atoms with Crippen molar-refractivity contribution in [2.45, 2.75) is 20.0 Å². The Morgan fingerprint density at radius 3 is 2.72 bits per heavy atom. The topological polar surface area (TPSA) is 54.8 Å². The number of anilines is 1. The van der Waals surface area contributed by atoms with Gasteiger partial charge in [-0.15, -0.1) is 5.10 Å². The fourth-order valence-electron chi connectivity index (χ4n) is 2.28. The minimum absolute atomic E-state index is 0.266. The summed E-state index contributed by atoms with van der Waals surface area (Å²) in [6, 6.07) is 14.6. The fourth-order valence-corrected chi connectivity index (χ4v) is 2.45. The van der Waals surface area contributed by atoms with Crippen molar-refractivity contribution in [2.75, 3.05) is 5.32 Å². The predicted molar refractivity (Wildman–Crippen MR) is 99.8 cm³/mol. The van der Waals surface area contributed by atoms with Gasteiger partial charge in [-0.1, -0.05) is 42.0 Å². The van der Waals surface area contributed by atoms with Crippen molar-refractivity contribution in [1.82, 2.24) is 20.1 Å². The Labute approximate surface area is 150 Å². The fraction of sp³-hybridized carbons (Fsp3) is 0.167. The van der Waals surface area contributed by atoms with E-state index in [0.717, 1.165) is 11.1 Å². The number of hydrogen-bond acceptors (Lipinski definition) is 3. The first-order chi connectivity index (χ1) is 12.1. The van der Waals surface area contributed by atoms with Crippen LogP contribution in [0.15, 0.2) is 54.9 Å². The van der Waals surface area contributed by atoms with Gasteiger partial charge in [0.2, 0.25) is 5.95 Å². The maximum absolute atomic E-state index is 13.2. The van der Waals surface area contributed by atoms with Crippen LogP contribution in [-0.2, 0) is 13.1 Å². The van der Waals surface area contributed by atoms with E-state index in [1.807, 2.05) is 6.07 Å². The summed E-state index contributed by atoms with van der Waals surface area (Å²) < 4.78 is 14.8. The first kappa shape index (κ1) is 17.0. The number of halogens is 1. The summed E-state index contributed by atoms with van der Waals surface area (Å²) >= 11 is 5.26. The zero-order valence-corrected chi connectivity index (χ0v) is 14.6. The molecule has 5 nitrogen and oxygen atoms in total. The lowest BCUT2D eigenvalue weighted by molar-refractivity contribution is 0.619. The monoisotopic (exact) mass is 355 g/mol. The van der Waals surface area contributed by atoms with Crippen LogP contribution in [0.2, 0.25) is 0 Å². The first-order valence-corrected chi connectivity index (χ1v) is 8.23. The molecule has 0 saturated heterocycles. The molecule has 128 valence electrons. The lowest BCUT2D eigenvalue weighted by Crippen LogP contribution is -2.28. The third-order valence-electron chi connectivity index (χ3n) is 3.57. The molecule has 7 heteroatoms. The highest BCUT2D eigenvalue weighted by Crippen LogP contribution is 2.07. The Bertz CT molecular complexity index is 860. The second-order valence-electron chi connectivity index (χ2n) is 5.69. The van der Waals surface area contributed by atoms with Crippen LogP contribution in [0.5, 0.6) is 0 Å². The maximum Gasteiger partial charge on any atom is 0.248 e. The number of nitrogens with one attached hydrogen (secondary N) is 2. The second-order valence-corrected chi connectivity index (χ2v) is 6.10. The van der Waals surface area contributed by atoms with Gasteiger partial charge in [0.1, 0.15) is 12.1 Å². The molecule has 0 aliphatic heterocycles. The highest BCUT2D eigenvalue weighted by Gasteiger charge is 2.04. The largest absolute Gasteiger partial charge is 0.358 e. The average molecular weight is 355 g/mol. The van der Waals surface area contributed by atoms with E-state index < -0.39 is 0 Å². The molecule has 1 aromatic heterocycles. The quantitative estimate of drug-likeness (QED) is 0.688. The molecule has 0 amide bonds. The summed E-state index contributed by atoms with van der Waals surface area (Å²) in [6.07, 6.45) is 1.58. The van der Waals surface area contributed by atoms with Gasteiger partial charge in [0.05, 0.1) is 6.54 Å². The first-order valence-electron chi connectivity index (χ1n) is 7.83. The zero-order valence-electron chi connectivity index (χ0n) is 13.7. The van der Waals surface area contributed by atoms with Crippen LogP contribution in [0.1, 0.15) is 16.7 Å². The molecule has 3 rings (SSSR count). The van der Waals surface area contributed by atoms with Gasteiger partial charge in [-0.3, -0.25) is 5.32 Å². The van der Waals surface area contributed by atoms with Crippen LogP contribution < -0.4 is 10.6 Å². The van der Waals surface area contributed by atoms with E-state index in [-0.39, 0.29) is 5.82 Å². The van der Waals surface area contributed by atoms with E-state index in [1.165, 1.54) is 17.7 Å². The predicted octanol–water partition coefficient (Wildman–Crippen LogP) is 3.26. The number of aromatic nitrogens is 3. The van der Waals surface area contributed by atoms with E-state index in [1.54, 1.807) is 17.1 Å². The lowest BCUT2D eigenvalue weighted by atomic mass is 10.1. The van der Waals surface area contributed by atoms with Crippen molar-refractivity contribution >= 4 is 23.3 Å². The smallest absolute Gasteiger partial charge is 0.248 e. The second kappa shape index (κ2) is 7.85. The van der Waals surface area contributed by atoms with Crippen molar-refractivity contribution in [2.24, 2.45) is 0 Å². The highest BCUT2D eigenvalue weighted by atomic mass is 32.1. The van der Waals surface area contributed by atoms with Crippen LogP contribution in [-0.4, -0.2) is 19.9 Å². The molecule has 0 spiro atoms. The molecule has 0 radical (unpaired) electrons. The molecular formula is C18H18FN5S. The summed E-state index contributed by atoms with van der Waals surface area (Å²) in [4.78, 5) is 4.16. The van der Waals surface area contributed by atoms with Gasteiger partial charge in [0, 0.05) is 6.54 Å². The molecule has 0 aliphatic carbocycles.